The summed E-state index contributed by atoms with van der Waals surface area (Å²) in [5.74, 6) is 2.91. The average Bonchev–Trinajstić information content (AvgIpc) is 2.62. The molecule has 0 radical (unpaired) electrons. The molecule has 1 aliphatic rings. The highest BCUT2D eigenvalue weighted by Gasteiger charge is 2.24. The van der Waals surface area contributed by atoms with Crippen LogP contribution in [0.1, 0.15) is 39.3 Å². The van der Waals surface area contributed by atoms with Crippen LogP contribution < -0.4 is 10.9 Å². The van der Waals surface area contributed by atoms with E-state index in [1.807, 2.05) is 23.6 Å². The Kier molecular flexibility index (Phi) is 11.4. The van der Waals surface area contributed by atoms with Crippen LogP contribution in [0.2, 0.25) is 0 Å². The third-order valence-corrected chi connectivity index (χ3v) is 6.33. The number of nitrogens with zero attached hydrogens (tertiary/aromatic N) is 3. The number of pyridine rings is 1. The Balaban J connectivity index is 0.00000364. The van der Waals surface area contributed by atoms with Gasteiger partial charge in [0.2, 0.25) is 0 Å². The van der Waals surface area contributed by atoms with Gasteiger partial charge in [-0.05, 0) is 38.7 Å². The van der Waals surface area contributed by atoms with Gasteiger partial charge in [0.05, 0.1) is 0 Å². The first-order valence-electron chi connectivity index (χ1n) is 9.84. The topological polar surface area (TPSA) is 49.6 Å². The van der Waals surface area contributed by atoms with Crippen LogP contribution in [-0.2, 0) is 6.54 Å². The van der Waals surface area contributed by atoms with Crippen LogP contribution in [0.25, 0.3) is 0 Å². The molecule has 0 saturated carbocycles. The first kappa shape index (κ1) is 24.3. The van der Waals surface area contributed by atoms with Gasteiger partial charge in [0.1, 0.15) is 0 Å². The van der Waals surface area contributed by atoms with Crippen LogP contribution in [0, 0.1) is 12.8 Å². The lowest BCUT2D eigenvalue weighted by atomic mass is 10.1. The Morgan fingerprint density at radius 1 is 1.37 bits per heavy atom. The van der Waals surface area contributed by atoms with E-state index in [0.29, 0.717) is 11.2 Å². The molecule has 1 atom stereocenters. The summed E-state index contributed by atoms with van der Waals surface area (Å²) >= 11 is 2.09. The highest BCUT2D eigenvalue weighted by Crippen LogP contribution is 2.24. The Morgan fingerprint density at radius 3 is 2.81 bits per heavy atom. The highest BCUT2D eigenvalue weighted by molar-refractivity contribution is 14.0. The van der Waals surface area contributed by atoms with Crippen molar-refractivity contribution in [1.82, 2.24) is 14.8 Å². The molecule has 0 spiro atoms. The van der Waals surface area contributed by atoms with E-state index >= 15 is 0 Å². The van der Waals surface area contributed by atoms with Crippen LogP contribution in [0.3, 0.4) is 0 Å². The van der Waals surface area contributed by atoms with Gasteiger partial charge >= 0.3 is 0 Å². The zero-order valence-electron chi connectivity index (χ0n) is 17.1. The molecule has 1 aromatic heterocycles. The maximum atomic E-state index is 11.9. The van der Waals surface area contributed by atoms with E-state index in [9.17, 15) is 4.79 Å². The standard InChI is InChI=1S/C20H34N4OS.HI/c1-5-21-20(23-13-14-26-18(15-23)16(2)3)22-11-6-7-12-24-17(4)9-8-10-19(24)25;/h8-10,16,18H,5-7,11-15H2,1-4H3,(H,21,22);1H. The fourth-order valence-electron chi connectivity index (χ4n) is 3.17. The fourth-order valence-corrected chi connectivity index (χ4v) is 4.47. The number of unbranched alkanes of at least 4 members (excludes halogenated alkanes) is 1. The SMILES string of the molecule is CCNC(=NCCCCn1c(C)cccc1=O)N1CCSC(C(C)C)C1.I. The molecular formula is C20H35IN4OS. The van der Waals surface area contributed by atoms with Crippen molar-refractivity contribution in [3.63, 3.8) is 0 Å². The van der Waals surface area contributed by atoms with E-state index in [4.69, 9.17) is 4.99 Å². The smallest absolute Gasteiger partial charge is 0.250 e. The quantitative estimate of drug-likeness (QED) is 0.266. The second-order valence-corrected chi connectivity index (χ2v) is 8.55. The number of guanidine groups is 1. The number of aryl methyl sites for hydroxylation is 1. The van der Waals surface area contributed by atoms with E-state index in [1.165, 1.54) is 5.75 Å². The van der Waals surface area contributed by atoms with Gasteiger partial charge < -0.3 is 14.8 Å². The lowest BCUT2D eigenvalue weighted by Crippen LogP contribution is -2.49. The number of aromatic nitrogens is 1. The highest BCUT2D eigenvalue weighted by atomic mass is 127. The van der Waals surface area contributed by atoms with Crippen molar-refractivity contribution in [2.75, 3.05) is 31.9 Å². The zero-order chi connectivity index (χ0) is 18.9. The van der Waals surface area contributed by atoms with Crippen molar-refractivity contribution >= 4 is 41.7 Å². The van der Waals surface area contributed by atoms with Crippen molar-refractivity contribution in [3.05, 3.63) is 34.2 Å². The molecule has 154 valence electrons. The molecule has 2 rings (SSSR count). The van der Waals surface area contributed by atoms with E-state index in [2.05, 4.69) is 42.7 Å². The summed E-state index contributed by atoms with van der Waals surface area (Å²) in [7, 11) is 0. The summed E-state index contributed by atoms with van der Waals surface area (Å²) in [4.78, 5) is 19.2. The molecule has 0 aromatic carbocycles. The van der Waals surface area contributed by atoms with Crippen LogP contribution in [0.4, 0.5) is 0 Å². The summed E-state index contributed by atoms with van der Waals surface area (Å²) in [5, 5.41) is 4.13. The van der Waals surface area contributed by atoms with Gasteiger partial charge in [-0.1, -0.05) is 19.9 Å². The van der Waals surface area contributed by atoms with Crippen LogP contribution in [0.5, 0.6) is 0 Å². The summed E-state index contributed by atoms with van der Waals surface area (Å²) in [6.07, 6.45) is 1.96. The fraction of sp³-hybridized carbons (Fsp3) is 0.700. The minimum absolute atomic E-state index is 0. The van der Waals surface area contributed by atoms with E-state index in [0.717, 1.165) is 57.2 Å². The summed E-state index contributed by atoms with van der Waals surface area (Å²) < 4.78 is 1.85. The van der Waals surface area contributed by atoms with Gasteiger partial charge in [-0.15, -0.1) is 24.0 Å². The molecular weight excluding hydrogens is 471 g/mol. The minimum Gasteiger partial charge on any atom is -0.357 e. The molecule has 1 N–H and O–H groups in total. The van der Waals surface area contributed by atoms with Crippen LogP contribution in [0.15, 0.2) is 28.0 Å². The first-order valence-corrected chi connectivity index (χ1v) is 10.9. The number of nitrogens with one attached hydrogen (secondary N) is 1. The normalized spacial score (nSPS) is 17.7. The second-order valence-electron chi connectivity index (χ2n) is 7.20. The molecule has 7 heteroatoms. The van der Waals surface area contributed by atoms with E-state index in [-0.39, 0.29) is 29.5 Å². The molecule has 1 aromatic rings. The lowest BCUT2D eigenvalue weighted by Gasteiger charge is -2.36. The molecule has 2 heterocycles. The Labute approximate surface area is 185 Å². The maximum Gasteiger partial charge on any atom is 0.250 e. The molecule has 0 aliphatic carbocycles. The van der Waals surface area contributed by atoms with Crippen molar-refractivity contribution in [2.45, 2.75) is 52.3 Å². The predicted octanol–water partition coefficient (Wildman–Crippen LogP) is 3.59. The minimum atomic E-state index is 0. The van der Waals surface area contributed by atoms with Gasteiger partial charge in [0, 0.05) is 55.5 Å². The Morgan fingerprint density at radius 2 is 2.15 bits per heavy atom. The maximum absolute atomic E-state index is 11.9. The first-order chi connectivity index (χ1) is 12.5. The molecule has 27 heavy (non-hydrogen) atoms. The summed E-state index contributed by atoms with van der Waals surface area (Å²) in [5.41, 5.74) is 1.12. The Bertz CT molecular complexity index is 647. The van der Waals surface area contributed by atoms with Crippen LogP contribution in [-0.4, -0.2) is 52.6 Å². The monoisotopic (exact) mass is 506 g/mol. The molecule has 1 fully saturated rings. The van der Waals surface area contributed by atoms with E-state index in [1.54, 1.807) is 6.07 Å². The van der Waals surface area contributed by atoms with Gasteiger partial charge in [-0.3, -0.25) is 9.79 Å². The van der Waals surface area contributed by atoms with Crippen molar-refractivity contribution < 1.29 is 0 Å². The van der Waals surface area contributed by atoms with Crippen molar-refractivity contribution in [2.24, 2.45) is 10.9 Å². The Hall–Kier alpha value is -0.700. The second kappa shape index (κ2) is 12.7. The summed E-state index contributed by atoms with van der Waals surface area (Å²) in [6, 6.07) is 5.44. The molecule has 0 amide bonds. The van der Waals surface area contributed by atoms with Gasteiger partial charge in [-0.2, -0.15) is 11.8 Å². The number of rotatable bonds is 7. The number of aliphatic imine (C=N–C) groups is 1. The molecule has 1 aliphatic heterocycles. The molecule has 1 unspecified atom stereocenters. The third kappa shape index (κ3) is 7.68. The molecule has 1 saturated heterocycles. The number of hydrogen-bond donors (Lipinski definition) is 1. The number of thioether (sulfide) groups is 1. The van der Waals surface area contributed by atoms with Crippen molar-refractivity contribution in [3.8, 4) is 0 Å². The number of hydrogen-bond acceptors (Lipinski definition) is 3. The molecule has 0 bridgehead atoms. The van der Waals surface area contributed by atoms with Crippen molar-refractivity contribution in [1.29, 1.82) is 0 Å². The van der Waals surface area contributed by atoms with Crippen LogP contribution >= 0.6 is 35.7 Å². The average molecular weight is 506 g/mol. The number of halogens is 1. The molecule has 5 nitrogen and oxygen atoms in total. The largest absolute Gasteiger partial charge is 0.357 e. The summed E-state index contributed by atoms with van der Waals surface area (Å²) in [6.45, 7) is 13.3. The predicted molar refractivity (Wildman–Crippen MR) is 129 cm³/mol. The van der Waals surface area contributed by atoms with Gasteiger partial charge in [-0.25, -0.2) is 0 Å². The third-order valence-electron chi connectivity index (χ3n) is 4.79. The lowest BCUT2D eigenvalue weighted by molar-refractivity contribution is 0.380. The zero-order valence-corrected chi connectivity index (χ0v) is 20.3. The van der Waals surface area contributed by atoms with Gasteiger partial charge in [0.15, 0.2) is 5.96 Å². The van der Waals surface area contributed by atoms with E-state index < -0.39 is 0 Å². The van der Waals surface area contributed by atoms with Gasteiger partial charge in [0.25, 0.3) is 5.56 Å².